The molecular weight excluding hydrogens is 308 g/mol. The first-order chi connectivity index (χ1) is 12.1. The van der Waals surface area contributed by atoms with Crippen molar-refractivity contribution in [3.63, 3.8) is 0 Å². The Balaban J connectivity index is 1.83. The summed E-state index contributed by atoms with van der Waals surface area (Å²) in [6.07, 6.45) is 4.69. The Morgan fingerprint density at radius 1 is 0.880 bits per heavy atom. The molecule has 1 atom stereocenters. The molecule has 0 amide bonds. The van der Waals surface area contributed by atoms with Crippen molar-refractivity contribution in [3.05, 3.63) is 65.2 Å². The Labute approximate surface area is 150 Å². The van der Waals surface area contributed by atoms with E-state index in [9.17, 15) is 5.11 Å². The summed E-state index contributed by atoms with van der Waals surface area (Å²) in [6.45, 7) is 5.86. The number of anilines is 1. The van der Waals surface area contributed by atoms with Gasteiger partial charge in [-0.05, 0) is 45.2 Å². The lowest BCUT2D eigenvalue weighted by molar-refractivity contribution is -0.534. The van der Waals surface area contributed by atoms with E-state index in [2.05, 4.69) is 71.9 Å². The van der Waals surface area contributed by atoms with Crippen LogP contribution in [0.4, 0.5) is 5.69 Å². The first-order valence-corrected chi connectivity index (χ1v) is 9.35. The highest BCUT2D eigenvalue weighted by Gasteiger charge is 2.53. The Kier molecular flexibility index (Phi) is 4.12. The molecule has 130 valence electrons. The molecule has 1 N–H and O–H groups in total. The van der Waals surface area contributed by atoms with Crippen LogP contribution in [0.5, 0.6) is 0 Å². The number of aliphatic hydroxyl groups is 1. The van der Waals surface area contributed by atoms with Gasteiger partial charge in [0.15, 0.2) is 6.54 Å². The van der Waals surface area contributed by atoms with E-state index < -0.39 is 5.72 Å². The van der Waals surface area contributed by atoms with E-state index >= 15 is 0 Å². The molecule has 0 aliphatic carbocycles. The monoisotopic (exact) mass is 335 g/mol. The van der Waals surface area contributed by atoms with Gasteiger partial charge in [-0.15, -0.1) is 0 Å². The summed E-state index contributed by atoms with van der Waals surface area (Å²) < 4.78 is 2.40. The van der Waals surface area contributed by atoms with Crippen LogP contribution in [0.3, 0.4) is 0 Å². The maximum absolute atomic E-state index is 11.8. The van der Waals surface area contributed by atoms with Crippen molar-refractivity contribution >= 4 is 11.5 Å². The first kappa shape index (κ1) is 16.3. The predicted molar refractivity (Wildman–Crippen MR) is 102 cm³/mol. The van der Waals surface area contributed by atoms with Crippen LogP contribution in [0.15, 0.2) is 48.5 Å². The van der Waals surface area contributed by atoms with Crippen LogP contribution in [-0.4, -0.2) is 28.6 Å². The van der Waals surface area contributed by atoms with Gasteiger partial charge >= 0.3 is 0 Å². The lowest BCUT2D eigenvalue weighted by Crippen LogP contribution is -2.47. The lowest BCUT2D eigenvalue weighted by Gasteiger charge is -2.29. The Bertz CT molecular complexity index is 792. The second-order valence-electron chi connectivity index (χ2n) is 7.50. The van der Waals surface area contributed by atoms with Gasteiger partial charge in [-0.3, -0.25) is 4.58 Å². The zero-order chi connectivity index (χ0) is 17.4. The molecule has 0 aromatic heterocycles. The van der Waals surface area contributed by atoms with Crippen LogP contribution >= 0.6 is 0 Å². The molecule has 0 saturated carbocycles. The van der Waals surface area contributed by atoms with Gasteiger partial charge in [0.25, 0.3) is 11.6 Å². The molecule has 0 saturated heterocycles. The van der Waals surface area contributed by atoms with Crippen LogP contribution < -0.4 is 4.90 Å². The van der Waals surface area contributed by atoms with Crippen molar-refractivity contribution in [1.82, 2.24) is 0 Å². The third kappa shape index (κ3) is 2.87. The number of nitrogens with zero attached hydrogens (tertiary/aromatic N) is 2. The topological polar surface area (TPSA) is 26.5 Å². The molecule has 1 unspecified atom stereocenters. The third-order valence-electron chi connectivity index (χ3n) is 5.54. The van der Waals surface area contributed by atoms with Crippen LogP contribution in [0.2, 0.25) is 0 Å². The van der Waals surface area contributed by atoms with Gasteiger partial charge in [-0.25, -0.2) is 0 Å². The molecule has 0 fully saturated rings. The molecule has 0 radical (unpaired) electrons. The van der Waals surface area contributed by atoms with E-state index in [1.165, 1.54) is 36.2 Å². The fourth-order valence-electron chi connectivity index (χ4n) is 4.12. The van der Waals surface area contributed by atoms with E-state index in [4.69, 9.17) is 0 Å². The molecule has 2 aliphatic heterocycles. The van der Waals surface area contributed by atoms with Crippen molar-refractivity contribution in [1.29, 1.82) is 0 Å². The molecule has 3 nitrogen and oxygen atoms in total. The molecule has 25 heavy (non-hydrogen) atoms. The second-order valence-corrected chi connectivity index (χ2v) is 7.50. The fourth-order valence-corrected chi connectivity index (χ4v) is 4.12. The SMILES string of the molecule is Cc1ccc(N2C3=[N+](CCCCC3)CC2(O)c2ccc(C)cc2)cc1. The minimum atomic E-state index is -1.00. The van der Waals surface area contributed by atoms with Crippen LogP contribution in [0, 0.1) is 13.8 Å². The van der Waals surface area contributed by atoms with E-state index in [0.717, 1.165) is 24.2 Å². The summed E-state index contributed by atoms with van der Waals surface area (Å²) in [5.74, 6) is 1.27. The number of amidine groups is 1. The van der Waals surface area contributed by atoms with Crippen LogP contribution in [0.25, 0.3) is 0 Å². The molecule has 0 bridgehead atoms. The highest BCUT2D eigenvalue weighted by atomic mass is 16.3. The minimum absolute atomic E-state index is 0.638. The lowest BCUT2D eigenvalue weighted by atomic mass is 9.98. The summed E-state index contributed by atoms with van der Waals surface area (Å²) in [5, 5.41) is 11.8. The summed E-state index contributed by atoms with van der Waals surface area (Å²) in [7, 11) is 0. The smallest absolute Gasteiger partial charge is 0.275 e. The maximum Gasteiger partial charge on any atom is 0.275 e. The van der Waals surface area contributed by atoms with E-state index in [1.54, 1.807) is 0 Å². The van der Waals surface area contributed by atoms with E-state index in [0.29, 0.717) is 6.54 Å². The quantitative estimate of drug-likeness (QED) is 0.841. The Morgan fingerprint density at radius 3 is 2.20 bits per heavy atom. The van der Waals surface area contributed by atoms with Gasteiger partial charge in [-0.2, -0.15) is 4.90 Å². The van der Waals surface area contributed by atoms with Gasteiger partial charge in [0.2, 0.25) is 0 Å². The second kappa shape index (κ2) is 6.30. The number of aryl methyl sites for hydroxylation is 2. The van der Waals surface area contributed by atoms with Gasteiger partial charge in [0, 0.05) is 12.0 Å². The zero-order valence-electron chi connectivity index (χ0n) is 15.2. The van der Waals surface area contributed by atoms with Crippen molar-refractivity contribution in [3.8, 4) is 0 Å². The van der Waals surface area contributed by atoms with Crippen molar-refractivity contribution in [2.45, 2.75) is 45.3 Å². The summed E-state index contributed by atoms with van der Waals surface area (Å²) in [5.41, 5.74) is 3.50. The maximum atomic E-state index is 11.8. The molecule has 2 heterocycles. The number of rotatable bonds is 2. The van der Waals surface area contributed by atoms with Gasteiger partial charge in [-0.1, -0.05) is 47.5 Å². The average Bonchev–Trinajstić information content (AvgIpc) is 2.74. The van der Waals surface area contributed by atoms with Gasteiger partial charge in [0.1, 0.15) is 5.69 Å². The third-order valence-corrected chi connectivity index (χ3v) is 5.54. The molecule has 0 spiro atoms. The van der Waals surface area contributed by atoms with E-state index in [-0.39, 0.29) is 0 Å². The molecule has 2 aromatic carbocycles. The fraction of sp³-hybridized carbons (Fsp3) is 0.409. The Hall–Kier alpha value is -2.13. The summed E-state index contributed by atoms with van der Waals surface area (Å²) in [6, 6.07) is 16.9. The van der Waals surface area contributed by atoms with Crippen molar-refractivity contribution in [2.24, 2.45) is 0 Å². The standard InChI is InChI=1S/C22H27N2O/c1-17-7-11-19(12-8-17)22(25)16-23-15-5-3-4-6-21(23)24(22)20-13-9-18(2)10-14-20/h7-14,25H,3-6,15-16H2,1-2H3/q+1. The Morgan fingerprint density at radius 2 is 1.52 bits per heavy atom. The van der Waals surface area contributed by atoms with Crippen LogP contribution in [0.1, 0.15) is 42.4 Å². The molecule has 2 aromatic rings. The average molecular weight is 335 g/mol. The van der Waals surface area contributed by atoms with E-state index in [1.807, 2.05) is 0 Å². The molecule has 3 heteroatoms. The molecular formula is C22H27N2O+. The molecule has 4 rings (SSSR count). The highest BCUT2D eigenvalue weighted by Crippen LogP contribution is 2.37. The minimum Gasteiger partial charge on any atom is -0.346 e. The number of hydrogen-bond donors (Lipinski definition) is 1. The molecule has 2 aliphatic rings. The highest BCUT2D eigenvalue weighted by molar-refractivity contribution is 5.97. The predicted octanol–water partition coefficient (Wildman–Crippen LogP) is 3.95. The largest absolute Gasteiger partial charge is 0.346 e. The van der Waals surface area contributed by atoms with Crippen molar-refractivity contribution in [2.75, 3.05) is 18.0 Å². The van der Waals surface area contributed by atoms with Crippen LogP contribution in [-0.2, 0) is 5.72 Å². The van der Waals surface area contributed by atoms with Crippen molar-refractivity contribution < 1.29 is 9.68 Å². The van der Waals surface area contributed by atoms with Gasteiger partial charge < -0.3 is 5.11 Å². The summed E-state index contributed by atoms with van der Waals surface area (Å²) in [4.78, 5) is 2.18. The number of hydrogen-bond acceptors (Lipinski definition) is 2. The normalized spacial score (nSPS) is 23.6. The number of benzene rings is 2. The summed E-state index contributed by atoms with van der Waals surface area (Å²) >= 11 is 0. The van der Waals surface area contributed by atoms with Gasteiger partial charge in [0.05, 0.1) is 6.54 Å². The first-order valence-electron chi connectivity index (χ1n) is 9.35. The zero-order valence-corrected chi connectivity index (χ0v) is 15.2.